The molecule has 0 radical (unpaired) electrons. The van der Waals surface area contributed by atoms with Gasteiger partial charge in [0.15, 0.2) is 0 Å². The Hall–Kier alpha value is -1.75. The molecule has 222 valence electrons. The summed E-state index contributed by atoms with van der Waals surface area (Å²) in [4.78, 5) is 43.5. The van der Waals surface area contributed by atoms with Gasteiger partial charge in [-0.25, -0.2) is 0 Å². The molecule has 4 rings (SSSR count). The minimum Gasteiger partial charge on any atom is -0.393 e. The maximum atomic E-state index is 13.3. The summed E-state index contributed by atoms with van der Waals surface area (Å²) >= 11 is 0. The highest BCUT2D eigenvalue weighted by Gasteiger charge is 2.39. The Morgan fingerprint density at radius 2 is 1.54 bits per heavy atom. The van der Waals surface area contributed by atoms with E-state index in [2.05, 4.69) is 39.6 Å². The number of carbonyl (C=O) groups is 3. The fourth-order valence-electron chi connectivity index (χ4n) is 7.30. The van der Waals surface area contributed by atoms with Crippen LogP contribution < -0.4 is 16.0 Å². The summed E-state index contributed by atoms with van der Waals surface area (Å²) < 4.78 is 0. The van der Waals surface area contributed by atoms with Crippen molar-refractivity contribution in [2.75, 3.05) is 32.7 Å². The van der Waals surface area contributed by atoms with Crippen LogP contribution in [0.3, 0.4) is 0 Å². The van der Waals surface area contributed by atoms with Gasteiger partial charge in [0.2, 0.25) is 17.7 Å². The maximum Gasteiger partial charge on any atom is 0.237 e. The number of fused-ring (bicyclic) bond motifs is 3. The molecule has 39 heavy (non-hydrogen) atoms. The molecule has 4 fully saturated rings. The lowest BCUT2D eigenvalue weighted by Crippen LogP contribution is -2.48. The van der Waals surface area contributed by atoms with Crippen molar-refractivity contribution in [3.63, 3.8) is 0 Å². The van der Waals surface area contributed by atoms with Crippen molar-refractivity contribution < 1.29 is 24.6 Å². The maximum absolute atomic E-state index is 13.3. The number of piperidine rings is 1. The average Bonchev–Trinajstić information content (AvgIpc) is 3.55. The van der Waals surface area contributed by atoms with Gasteiger partial charge in [-0.3, -0.25) is 19.3 Å². The molecule has 0 spiro atoms. The monoisotopic (exact) mass is 549 g/mol. The molecule has 3 aliphatic heterocycles. The summed E-state index contributed by atoms with van der Waals surface area (Å²) in [7, 11) is 0. The third-order valence-corrected chi connectivity index (χ3v) is 9.46. The van der Waals surface area contributed by atoms with Gasteiger partial charge in [0, 0.05) is 50.7 Å². The molecular weight excluding hydrogens is 498 g/mol. The molecule has 5 N–H and O–H groups in total. The number of likely N-dealkylation sites (tertiary alicyclic amines) is 2. The molecular formula is C29H51N5O5. The first kappa shape index (κ1) is 30.2. The number of hydrogen-bond donors (Lipinski definition) is 5. The van der Waals surface area contributed by atoms with Crippen LogP contribution in [-0.2, 0) is 14.4 Å². The molecule has 3 heterocycles. The smallest absolute Gasteiger partial charge is 0.237 e. The summed E-state index contributed by atoms with van der Waals surface area (Å²) in [5, 5.41) is 29.9. The van der Waals surface area contributed by atoms with E-state index >= 15 is 0 Å². The molecule has 6 atom stereocenters. The highest BCUT2D eigenvalue weighted by Crippen LogP contribution is 2.34. The van der Waals surface area contributed by atoms with Gasteiger partial charge in [-0.05, 0) is 77.2 Å². The number of aliphatic hydroxyl groups excluding tert-OH is 2. The highest BCUT2D eigenvalue weighted by atomic mass is 16.3. The van der Waals surface area contributed by atoms with Gasteiger partial charge >= 0.3 is 0 Å². The van der Waals surface area contributed by atoms with E-state index in [0.29, 0.717) is 50.9 Å². The summed E-state index contributed by atoms with van der Waals surface area (Å²) in [5.41, 5.74) is 0. The van der Waals surface area contributed by atoms with Gasteiger partial charge in [0.1, 0.15) is 0 Å². The summed E-state index contributed by atoms with van der Waals surface area (Å²) in [6.07, 6.45) is 6.51. The van der Waals surface area contributed by atoms with Gasteiger partial charge in [-0.1, -0.05) is 12.8 Å². The molecule has 2 unspecified atom stereocenters. The molecule has 1 saturated carbocycles. The molecule has 1 aliphatic carbocycles. The molecule has 10 heteroatoms. The number of nitrogens with zero attached hydrogens (tertiary/aromatic N) is 2. The van der Waals surface area contributed by atoms with Crippen LogP contribution in [-0.4, -0.2) is 107 Å². The van der Waals surface area contributed by atoms with E-state index in [-0.39, 0.29) is 54.6 Å². The molecule has 3 saturated heterocycles. The first-order valence-corrected chi connectivity index (χ1v) is 15.4. The van der Waals surface area contributed by atoms with Crippen molar-refractivity contribution in [3.8, 4) is 0 Å². The Morgan fingerprint density at radius 3 is 2.28 bits per heavy atom. The molecule has 2 bridgehead atoms. The Morgan fingerprint density at radius 1 is 0.795 bits per heavy atom. The van der Waals surface area contributed by atoms with Crippen LogP contribution in [0.5, 0.6) is 0 Å². The second-order valence-electron chi connectivity index (χ2n) is 12.7. The van der Waals surface area contributed by atoms with Crippen LogP contribution in [0.25, 0.3) is 0 Å². The largest absolute Gasteiger partial charge is 0.393 e. The molecule has 0 aromatic carbocycles. The molecule has 0 aromatic heterocycles. The fraction of sp³-hybridized carbons (Fsp3) is 0.897. The quantitative estimate of drug-likeness (QED) is 0.343. The Kier molecular flexibility index (Phi) is 11.0. The summed E-state index contributed by atoms with van der Waals surface area (Å²) in [6.45, 7) is 7.64. The predicted octanol–water partition coefficient (Wildman–Crippen LogP) is 0.753. The molecule has 0 aromatic rings. The van der Waals surface area contributed by atoms with Crippen molar-refractivity contribution in [3.05, 3.63) is 0 Å². The minimum atomic E-state index is -0.964. The van der Waals surface area contributed by atoms with Crippen LogP contribution in [0.1, 0.15) is 84.5 Å². The predicted molar refractivity (Wildman–Crippen MR) is 149 cm³/mol. The number of carbonyl (C=O) groups excluding carboxylic acids is 3. The van der Waals surface area contributed by atoms with Gasteiger partial charge in [0.25, 0.3) is 0 Å². The lowest BCUT2D eigenvalue weighted by molar-refractivity contribution is -0.127. The van der Waals surface area contributed by atoms with E-state index < -0.39 is 12.2 Å². The van der Waals surface area contributed by atoms with E-state index in [0.717, 1.165) is 25.9 Å². The Labute approximate surface area is 233 Å². The van der Waals surface area contributed by atoms with Gasteiger partial charge in [-0.15, -0.1) is 0 Å². The third kappa shape index (κ3) is 8.62. The average molecular weight is 550 g/mol. The third-order valence-electron chi connectivity index (χ3n) is 9.46. The zero-order chi connectivity index (χ0) is 27.9. The van der Waals surface area contributed by atoms with Crippen molar-refractivity contribution in [1.82, 2.24) is 25.8 Å². The van der Waals surface area contributed by atoms with Crippen LogP contribution in [0, 0.1) is 11.8 Å². The second kappa shape index (κ2) is 14.2. The molecule has 10 nitrogen and oxygen atoms in total. The van der Waals surface area contributed by atoms with Crippen LogP contribution in [0.15, 0.2) is 0 Å². The normalized spacial score (nSPS) is 35.8. The zero-order valence-electron chi connectivity index (χ0n) is 23.9. The first-order chi connectivity index (χ1) is 18.7. The lowest BCUT2D eigenvalue weighted by atomic mass is 9.80. The van der Waals surface area contributed by atoms with Crippen molar-refractivity contribution in [2.24, 2.45) is 11.8 Å². The van der Waals surface area contributed by atoms with Gasteiger partial charge in [-0.2, -0.15) is 0 Å². The number of nitrogens with one attached hydrogen (secondary N) is 3. The summed E-state index contributed by atoms with van der Waals surface area (Å²) in [6, 6.07) is 0.343. The van der Waals surface area contributed by atoms with Gasteiger partial charge in [0.05, 0.1) is 24.7 Å². The molecule has 4 aliphatic rings. The topological polar surface area (TPSA) is 134 Å². The number of rotatable bonds is 2. The number of aliphatic hydroxyl groups is 2. The highest BCUT2D eigenvalue weighted by molar-refractivity contribution is 5.83. The van der Waals surface area contributed by atoms with E-state index in [9.17, 15) is 24.6 Å². The fourth-order valence-corrected chi connectivity index (χ4v) is 7.30. The van der Waals surface area contributed by atoms with Crippen molar-refractivity contribution in [1.29, 1.82) is 0 Å². The Balaban J connectivity index is 1.44. The zero-order valence-corrected chi connectivity index (χ0v) is 23.9. The van der Waals surface area contributed by atoms with Crippen LogP contribution in [0.2, 0.25) is 0 Å². The van der Waals surface area contributed by atoms with E-state index in [1.165, 1.54) is 25.7 Å². The lowest BCUT2D eigenvalue weighted by Gasteiger charge is -2.41. The van der Waals surface area contributed by atoms with Crippen molar-refractivity contribution >= 4 is 17.7 Å². The van der Waals surface area contributed by atoms with Gasteiger partial charge < -0.3 is 31.1 Å². The first-order valence-electron chi connectivity index (χ1n) is 15.4. The van der Waals surface area contributed by atoms with E-state index in [1.54, 1.807) is 0 Å². The Bertz CT molecular complexity index is 835. The van der Waals surface area contributed by atoms with E-state index in [4.69, 9.17) is 0 Å². The van der Waals surface area contributed by atoms with Crippen LogP contribution in [0.4, 0.5) is 0 Å². The summed E-state index contributed by atoms with van der Waals surface area (Å²) in [5.74, 6) is 0.330. The standard InChI is InChI=1S/C29H51N5O5/c1-19(2)34-18-22-14-26(34)29(39)31-10-7-21-17-33(23-5-3-4-6-23)12-9-20(21)13-27(37)30-11-8-24(35)15-25(36)16-28(38)32-22/h19-26,35-36H,3-18H2,1-2H3,(H,30,37)(H,31,39)(H,32,38)/t20-,21-,22-,24?,25?,26+/m0/s1. The second-order valence-corrected chi connectivity index (χ2v) is 12.7. The molecule has 3 amide bonds. The van der Waals surface area contributed by atoms with Crippen LogP contribution >= 0.6 is 0 Å². The number of hydrogen-bond acceptors (Lipinski definition) is 7. The number of amides is 3. The minimum absolute atomic E-state index is 0.00392. The SMILES string of the molecule is CC(C)N1C[C@@H]2C[C@@H]1C(=O)NCC[C@H]1CN(C3CCCC3)CC[C@H]1CC(=O)NCCC(O)CC(O)CC(=O)N2. The van der Waals surface area contributed by atoms with Crippen molar-refractivity contribution in [2.45, 2.75) is 121 Å². The van der Waals surface area contributed by atoms with E-state index in [1.807, 2.05) is 0 Å².